The number of imidazole rings is 1. The third-order valence-electron chi connectivity index (χ3n) is 3.57. The Balaban J connectivity index is 1.74. The fraction of sp³-hybridized carbons (Fsp3) is 0.222. The standard InChI is InChI=1S/C18H19N3O2S/c1-13(11-22)19-18(23)15-6-2-3-7-16(15)24-12-14-10-21-9-5-4-8-17(21)20-14/h2-10,13,22H,11-12H2,1H3,(H,19,23). The second kappa shape index (κ2) is 7.51. The zero-order chi connectivity index (χ0) is 16.9. The van der Waals surface area contributed by atoms with Gasteiger partial charge in [0.15, 0.2) is 0 Å². The molecule has 5 nitrogen and oxygen atoms in total. The molecule has 1 amide bonds. The van der Waals surface area contributed by atoms with E-state index in [0.29, 0.717) is 11.3 Å². The van der Waals surface area contributed by atoms with Gasteiger partial charge in [0.05, 0.1) is 17.9 Å². The van der Waals surface area contributed by atoms with E-state index >= 15 is 0 Å². The van der Waals surface area contributed by atoms with Gasteiger partial charge in [-0.05, 0) is 31.2 Å². The number of nitrogens with zero attached hydrogens (tertiary/aromatic N) is 2. The van der Waals surface area contributed by atoms with E-state index in [1.807, 2.05) is 53.2 Å². The molecule has 24 heavy (non-hydrogen) atoms. The first-order valence-corrected chi connectivity index (χ1v) is 8.72. The van der Waals surface area contributed by atoms with Crippen molar-refractivity contribution in [3.8, 4) is 0 Å². The van der Waals surface area contributed by atoms with Crippen molar-refractivity contribution in [2.24, 2.45) is 0 Å². The summed E-state index contributed by atoms with van der Waals surface area (Å²) in [4.78, 5) is 17.8. The second-order valence-electron chi connectivity index (χ2n) is 5.54. The molecule has 6 heteroatoms. The summed E-state index contributed by atoms with van der Waals surface area (Å²) in [5, 5.41) is 11.9. The zero-order valence-corrected chi connectivity index (χ0v) is 14.2. The number of hydrogen-bond donors (Lipinski definition) is 2. The minimum Gasteiger partial charge on any atom is -0.394 e. The number of rotatable bonds is 6. The van der Waals surface area contributed by atoms with Gasteiger partial charge in [0.2, 0.25) is 0 Å². The first kappa shape index (κ1) is 16.5. The van der Waals surface area contributed by atoms with Crippen LogP contribution in [0.4, 0.5) is 0 Å². The molecule has 0 spiro atoms. The summed E-state index contributed by atoms with van der Waals surface area (Å²) in [5.74, 6) is 0.510. The van der Waals surface area contributed by atoms with Gasteiger partial charge in [-0.2, -0.15) is 0 Å². The molecular weight excluding hydrogens is 322 g/mol. The molecule has 0 aliphatic carbocycles. The number of carbonyl (C=O) groups excluding carboxylic acids is 1. The third-order valence-corrected chi connectivity index (χ3v) is 4.68. The fourth-order valence-corrected chi connectivity index (χ4v) is 3.27. The molecule has 0 bridgehead atoms. The average molecular weight is 341 g/mol. The maximum Gasteiger partial charge on any atom is 0.252 e. The summed E-state index contributed by atoms with van der Waals surface area (Å²) >= 11 is 1.58. The van der Waals surface area contributed by atoms with E-state index in [2.05, 4.69) is 10.3 Å². The number of hydrogen-bond acceptors (Lipinski definition) is 4. The molecule has 0 radical (unpaired) electrons. The van der Waals surface area contributed by atoms with Crippen molar-refractivity contribution < 1.29 is 9.90 Å². The summed E-state index contributed by atoms with van der Waals surface area (Å²) in [6.45, 7) is 1.69. The molecule has 1 atom stereocenters. The van der Waals surface area contributed by atoms with Crippen LogP contribution >= 0.6 is 11.8 Å². The molecule has 2 aromatic heterocycles. The van der Waals surface area contributed by atoms with Crippen LogP contribution in [0.2, 0.25) is 0 Å². The number of benzene rings is 1. The first-order chi connectivity index (χ1) is 11.7. The Morgan fingerprint density at radius 3 is 2.88 bits per heavy atom. The lowest BCUT2D eigenvalue weighted by molar-refractivity contribution is 0.0919. The lowest BCUT2D eigenvalue weighted by Crippen LogP contribution is -2.35. The average Bonchev–Trinajstić information content (AvgIpc) is 3.03. The predicted octanol–water partition coefficient (Wildman–Crippen LogP) is 2.74. The van der Waals surface area contributed by atoms with Gasteiger partial charge in [0, 0.05) is 29.1 Å². The van der Waals surface area contributed by atoms with Gasteiger partial charge in [0.1, 0.15) is 5.65 Å². The first-order valence-electron chi connectivity index (χ1n) is 7.73. The predicted molar refractivity (Wildman–Crippen MR) is 95.2 cm³/mol. The van der Waals surface area contributed by atoms with Crippen LogP contribution in [0.25, 0.3) is 5.65 Å². The number of aliphatic hydroxyl groups is 1. The van der Waals surface area contributed by atoms with Crippen LogP contribution in [0.3, 0.4) is 0 Å². The third kappa shape index (κ3) is 3.77. The summed E-state index contributed by atoms with van der Waals surface area (Å²) in [6.07, 6.45) is 3.97. The number of amides is 1. The summed E-state index contributed by atoms with van der Waals surface area (Å²) in [5.41, 5.74) is 2.49. The maximum atomic E-state index is 12.3. The van der Waals surface area contributed by atoms with E-state index in [1.54, 1.807) is 24.8 Å². The Morgan fingerprint density at radius 1 is 1.29 bits per heavy atom. The highest BCUT2D eigenvalue weighted by Crippen LogP contribution is 2.26. The van der Waals surface area contributed by atoms with Crippen molar-refractivity contribution in [1.29, 1.82) is 0 Å². The van der Waals surface area contributed by atoms with E-state index in [-0.39, 0.29) is 18.6 Å². The van der Waals surface area contributed by atoms with E-state index in [9.17, 15) is 4.79 Å². The molecule has 1 unspecified atom stereocenters. The number of aromatic nitrogens is 2. The van der Waals surface area contributed by atoms with Gasteiger partial charge in [-0.15, -0.1) is 11.8 Å². The van der Waals surface area contributed by atoms with Crippen LogP contribution in [0, 0.1) is 0 Å². The van der Waals surface area contributed by atoms with Crippen molar-refractivity contribution in [1.82, 2.24) is 14.7 Å². The van der Waals surface area contributed by atoms with Crippen LogP contribution in [0.15, 0.2) is 59.8 Å². The van der Waals surface area contributed by atoms with Gasteiger partial charge in [-0.25, -0.2) is 4.98 Å². The van der Waals surface area contributed by atoms with Crippen LogP contribution in [0.1, 0.15) is 23.0 Å². The Labute approximate surface area is 144 Å². The van der Waals surface area contributed by atoms with Crippen molar-refractivity contribution in [2.75, 3.05) is 6.61 Å². The molecule has 1 aromatic carbocycles. The Kier molecular flexibility index (Phi) is 5.17. The van der Waals surface area contributed by atoms with Gasteiger partial charge < -0.3 is 14.8 Å². The summed E-state index contributed by atoms with van der Waals surface area (Å²) in [6, 6.07) is 13.1. The number of thioether (sulfide) groups is 1. The zero-order valence-electron chi connectivity index (χ0n) is 13.3. The quantitative estimate of drug-likeness (QED) is 0.677. The Bertz CT molecular complexity index is 814. The van der Waals surface area contributed by atoms with E-state index in [1.165, 1.54) is 0 Å². The second-order valence-corrected chi connectivity index (χ2v) is 6.56. The number of carbonyl (C=O) groups is 1. The number of fused-ring (bicyclic) bond motifs is 1. The molecular formula is C18H19N3O2S. The molecule has 0 saturated heterocycles. The Morgan fingerprint density at radius 2 is 2.08 bits per heavy atom. The highest BCUT2D eigenvalue weighted by Gasteiger charge is 2.14. The van der Waals surface area contributed by atoms with Crippen LogP contribution in [0.5, 0.6) is 0 Å². The highest BCUT2D eigenvalue weighted by atomic mass is 32.2. The van der Waals surface area contributed by atoms with Gasteiger partial charge >= 0.3 is 0 Å². The van der Waals surface area contributed by atoms with E-state index < -0.39 is 0 Å². The summed E-state index contributed by atoms with van der Waals surface area (Å²) in [7, 11) is 0. The highest BCUT2D eigenvalue weighted by molar-refractivity contribution is 7.98. The molecule has 3 aromatic rings. The number of pyridine rings is 1. The smallest absolute Gasteiger partial charge is 0.252 e. The molecule has 124 valence electrons. The Hall–Kier alpha value is -2.31. The van der Waals surface area contributed by atoms with Crippen molar-refractivity contribution in [3.05, 3.63) is 66.1 Å². The van der Waals surface area contributed by atoms with Gasteiger partial charge in [-0.3, -0.25) is 4.79 Å². The summed E-state index contributed by atoms with van der Waals surface area (Å²) < 4.78 is 1.98. The number of aliphatic hydroxyl groups excluding tert-OH is 1. The van der Waals surface area contributed by atoms with Gasteiger partial charge in [0.25, 0.3) is 5.91 Å². The fourth-order valence-electron chi connectivity index (χ4n) is 2.34. The molecule has 0 saturated carbocycles. The van der Waals surface area contributed by atoms with Crippen LogP contribution in [-0.4, -0.2) is 33.0 Å². The molecule has 3 rings (SSSR count). The van der Waals surface area contributed by atoms with E-state index in [0.717, 1.165) is 16.2 Å². The molecule has 0 aliphatic rings. The lowest BCUT2D eigenvalue weighted by Gasteiger charge is -2.13. The minimum absolute atomic E-state index is 0.0811. The number of nitrogens with one attached hydrogen (secondary N) is 1. The molecule has 2 heterocycles. The van der Waals surface area contributed by atoms with Crippen molar-refractivity contribution >= 4 is 23.3 Å². The minimum atomic E-state index is -0.269. The SMILES string of the molecule is CC(CO)NC(=O)c1ccccc1SCc1cn2ccccc2n1. The lowest BCUT2D eigenvalue weighted by atomic mass is 10.2. The van der Waals surface area contributed by atoms with Crippen LogP contribution in [-0.2, 0) is 5.75 Å². The molecule has 0 fully saturated rings. The van der Waals surface area contributed by atoms with Crippen molar-refractivity contribution in [3.63, 3.8) is 0 Å². The van der Waals surface area contributed by atoms with E-state index in [4.69, 9.17) is 5.11 Å². The largest absolute Gasteiger partial charge is 0.394 e. The van der Waals surface area contributed by atoms with Crippen molar-refractivity contribution in [2.45, 2.75) is 23.6 Å². The maximum absolute atomic E-state index is 12.3. The topological polar surface area (TPSA) is 66.6 Å². The molecule has 0 aliphatic heterocycles. The van der Waals surface area contributed by atoms with Crippen LogP contribution < -0.4 is 5.32 Å². The molecule has 2 N–H and O–H groups in total. The van der Waals surface area contributed by atoms with Gasteiger partial charge in [-0.1, -0.05) is 18.2 Å². The normalized spacial score (nSPS) is 12.2. The monoisotopic (exact) mass is 341 g/mol.